The molecule has 1 aliphatic rings. The lowest BCUT2D eigenvalue weighted by Gasteiger charge is -2.04. The van der Waals surface area contributed by atoms with Crippen molar-refractivity contribution >= 4 is 17.3 Å². The molecule has 0 radical (unpaired) electrons. The summed E-state index contributed by atoms with van der Waals surface area (Å²) in [5, 5.41) is 13.0. The van der Waals surface area contributed by atoms with Gasteiger partial charge in [0, 0.05) is 18.1 Å². The van der Waals surface area contributed by atoms with E-state index < -0.39 is 10.7 Å². The Morgan fingerprint density at radius 1 is 1.50 bits per heavy atom. The van der Waals surface area contributed by atoms with Crippen LogP contribution in [0.15, 0.2) is 18.2 Å². The minimum absolute atomic E-state index is 0.0807. The Labute approximate surface area is 90.4 Å². The first kappa shape index (κ1) is 10.5. The van der Waals surface area contributed by atoms with Gasteiger partial charge < -0.3 is 5.32 Å². The molecule has 0 atom stereocenters. The lowest BCUT2D eigenvalue weighted by molar-refractivity contribution is -0.384. The minimum Gasteiger partial charge on any atom is -0.320 e. The van der Waals surface area contributed by atoms with Gasteiger partial charge in [-0.25, -0.2) is 4.39 Å². The summed E-state index contributed by atoms with van der Waals surface area (Å²) in [6.45, 7) is 0. The highest BCUT2D eigenvalue weighted by molar-refractivity contribution is 5.95. The summed E-state index contributed by atoms with van der Waals surface area (Å²) in [6, 6.07) is 2.99. The summed E-state index contributed by atoms with van der Waals surface area (Å²) in [6.07, 6.45) is 1.57. The van der Waals surface area contributed by atoms with E-state index in [2.05, 4.69) is 5.32 Å². The molecule has 1 aliphatic carbocycles. The summed E-state index contributed by atoms with van der Waals surface area (Å²) in [7, 11) is 0. The van der Waals surface area contributed by atoms with Crippen LogP contribution in [0.2, 0.25) is 0 Å². The molecular formula is C10H9FN2O3. The van der Waals surface area contributed by atoms with E-state index in [1.807, 2.05) is 0 Å². The van der Waals surface area contributed by atoms with Gasteiger partial charge in [0.25, 0.3) is 5.69 Å². The molecule has 0 aromatic heterocycles. The molecule has 1 amide bonds. The van der Waals surface area contributed by atoms with Gasteiger partial charge in [-0.2, -0.15) is 0 Å². The fourth-order valence-electron chi connectivity index (χ4n) is 1.35. The third-order valence-electron chi connectivity index (χ3n) is 2.36. The standard InChI is InChI=1S/C10H9FN2O3/c11-7-3-4-9(13(15)16)8(5-7)12-10(14)6-1-2-6/h3-6H,1-2H2,(H,12,14). The Balaban J connectivity index is 2.26. The molecule has 5 nitrogen and oxygen atoms in total. The Morgan fingerprint density at radius 3 is 2.75 bits per heavy atom. The van der Waals surface area contributed by atoms with Crippen molar-refractivity contribution in [2.24, 2.45) is 5.92 Å². The first-order chi connectivity index (χ1) is 7.58. The number of nitrogens with zero attached hydrogens (tertiary/aromatic N) is 1. The van der Waals surface area contributed by atoms with Crippen molar-refractivity contribution in [2.75, 3.05) is 5.32 Å². The number of rotatable bonds is 3. The molecule has 2 rings (SSSR count). The number of anilines is 1. The van der Waals surface area contributed by atoms with E-state index in [0.717, 1.165) is 31.0 Å². The fourth-order valence-corrected chi connectivity index (χ4v) is 1.35. The van der Waals surface area contributed by atoms with Gasteiger partial charge in [0.2, 0.25) is 5.91 Å². The number of halogens is 1. The van der Waals surface area contributed by atoms with Crippen molar-refractivity contribution in [1.29, 1.82) is 0 Å². The van der Waals surface area contributed by atoms with Gasteiger partial charge in [-0.1, -0.05) is 0 Å². The van der Waals surface area contributed by atoms with Crippen LogP contribution in [0.1, 0.15) is 12.8 Å². The van der Waals surface area contributed by atoms with E-state index in [4.69, 9.17) is 0 Å². The van der Waals surface area contributed by atoms with E-state index >= 15 is 0 Å². The fraction of sp³-hybridized carbons (Fsp3) is 0.300. The number of hydrogen-bond acceptors (Lipinski definition) is 3. The van der Waals surface area contributed by atoms with Crippen LogP contribution in [-0.2, 0) is 4.79 Å². The molecule has 0 aliphatic heterocycles. The number of carbonyl (C=O) groups is 1. The van der Waals surface area contributed by atoms with Gasteiger partial charge in [0.1, 0.15) is 11.5 Å². The number of carbonyl (C=O) groups excluding carboxylic acids is 1. The van der Waals surface area contributed by atoms with Gasteiger partial charge in [-0.05, 0) is 18.9 Å². The van der Waals surface area contributed by atoms with Crippen molar-refractivity contribution in [3.8, 4) is 0 Å². The average Bonchev–Trinajstić information content (AvgIpc) is 2.99. The molecule has 1 aromatic rings. The molecule has 1 N–H and O–H groups in total. The van der Waals surface area contributed by atoms with Crippen molar-refractivity contribution in [2.45, 2.75) is 12.8 Å². The lowest BCUT2D eigenvalue weighted by Crippen LogP contribution is -2.14. The van der Waals surface area contributed by atoms with Crippen LogP contribution in [0.4, 0.5) is 15.8 Å². The van der Waals surface area contributed by atoms with Crippen LogP contribution >= 0.6 is 0 Å². The second kappa shape index (κ2) is 3.88. The number of benzene rings is 1. The van der Waals surface area contributed by atoms with Crippen LogP contribution < -0.4 is 5.32 Å². The SMILES string of the molecule is O=C(Nc1cc(F)ccc1[N+](=O)[O-])C1CC1. The Morgan fingerprint density at radius 2 is 2.19 bits per heavy atom. The molecule has 1 fully saturated rings. The predicted octanol–water partition coefficient (Wildman–Crippen LogP) is 2.08. The second-order valence-electron chi connectivity index (χ2n) is 3.68. The number of nitro benzene ring substituents is 1. The third kappa shape index (κ3) is 2.16. The largest absolute Gasteiger partial charge is 0.320 e. The van der Waals surface area contributed by atoms with Crippen molar-refractivity contribution in [1.82, 2.24) is 0 Å². The lowest BCUT2D eigenvalue weighted by atomic mass is 10.2. The van der Waals surface area contributed by atoms with E-state index in [-0.39, 0.29) is 23.2 Å². The molecule has 1 saturated carbocycles. The summed E-state index contributed by atoms with van der Waals surface area (Å²) in [5.74, 6) is -0.978. The van der Waals surface area contributed by atoms with Gasteiger partial charge >= 0.3 is 0 Å². The van der Waals surface area contributed by atoms with Gasteiger partial charge in [0.05, 0.1) is 4.92 Å². The maximum atomic E-state index is 12.9. The topological polar surface area (TPSA) is 72.2 Å². The molecule has 16 heavy (non-hydrogen) atoms. The molecule has 0 saturated heterocycles. The summed E-state index contributed by atoms with van der Waals surface area (Å²) in [4.78, 5) is 21.4. The van der Waals surface area contributed by atoms with Gasteiger partial charge in [-0.3, -0.25) is 14.9 Å². The smallest absolute Gasteiger partial charge is 0.292 e. The molecule has 84 valence electrons. The summed E-state index contributed by atoms with van der Waals surface area (Å²) < 4.78 is 12.9. The van der Waals surface area contributed by atoms with Crippen molar-refractivity contribution in [3.05, 3.63) is 34.1 Å². The molecule has 0 unspecified atom stereocenters. The Hall–Kier alpha value is -1.98. The Kier molecular flexibility index (Phi) is 2.55. The highest BCUT2D eigenvalue weighted by Crippen LogP contribution is 2.32. The highest BCUT2D eigenvalue weighted by atomic mass is 19.1. The van der Waals surface area contributed by atoms with Crippen LogP contribution in [0, 0.1) is 21.8 Å². The average molecular weight is 224 g/mol. The quantitative estimate of drug-likeness (QED) is 0.631. The van der Waals surface area contributed by atoms with Crippen LogP contribution in [0.5, 0.6) is 0 Å². The first-order valence-corrected chi connectivity index (χ1v) is 4.83. The molecule has 1 aromatic carbocycles. The molecule has 6 heteroatoms. The van der Waals surface area contributed by atoms with Crippen LogP contribution in [0.3, 0.4) is 0 Å². The predicted molar refractivity (Wildman–Crippen MR) is 54.4 cm³/mol. The summed E-state index contributed by atoms with van der Waals surface area (Å²) in [5.41, 5.74) is -0.377. The molecule has 0 spiro atoms. The van der Waals surface area contributed by atoms with E-state index in [0.29, 0.717) is 0 Å². The number of nitro groups is 1. The number of hydrogen-bond donors (Lipinski definition) is 1. The number of amides is 1. The zero-order valence-corrected chi connectivity index (χ0v) is 8.27. The summed E-state index contributed by atoms with van der Waals surface area (Å²) >= 11 is 0. The van der Waals surface area contributed by atoms with Gasteiger partial charge in [0.15, 0.2) is 0 Å². The minimum atomic E-state index is -0.651. The maximum absolute atomic E-state index is 12.9. The normalized spacial score (nSPS) is 14.6. The van der Waals surface area contributed by atoms with E-state index in [9.17, 15) is 19.3 Å². The zero-order chi connectivity index (χ0) is 11.7. The van der Waals surface area contributed by atoms with E-state index in [1.54, 1.807) is 0 Å². The van der Waals surface area contributed by atoms with Crippen LogP contribution in [-0.4, -0.2) is 10.8 Å². The number of nitrogens with one attached hydrogen (secondary N) is 1. The van der Waals surface area contributed by atoms with Gasteiger partial charge in [-0.15, -0.1) is 0 Å². The monoisotopic (exact) mass is 224 g/mol. The Bertz CT molecular complexity index is 457. The van der Waals surface area contributed by atoms with Crippen molar-refractivity contribution in [3.63, 3.8) is 0 Å². The molecular weight excluding hydrogens is 215 g/mol. The zero-order valence-electron chi connectivity index (χ0n) is 8.27. The van der Waals surface area contributed by atoms with Crippen molar-refractivity contribution < 1.29 is 14.1 Å². The molecule has 0 heterocycles. The van der Waals surface area contributed by atoms with Crippen LogP contribution in [0.25, 0.3) is 0 Å². The molecule has 0 bridgehead atoms. The third-order valence-corrected chi connectivity index (χ3v) is 2.36. The second-order valence-corrected chi connectivity index (χ2v) is 3.68. The first-order valence-electron chi connectivity index (χ1n) is 4.83. The highest BCUT2D eigenvalue weighted by Gasteiger charge is 2.31. The maximum Gasteiger partial charge on any atom is 0.292 e. The van der Waals surface area contributed by atoms with E-state index in [1.165, 1.54) is 0 Å².